The van der Waals surface area contributed by atoms with Gasteiger partial charge < -0.3 is 20.7 Å². The molecule has 0 spiro atoms. The molecule has 0 fully saturated rings. The molecule has 6 rings (SSSR count). The molecule has 5 aromatic rings. The number of thioether (sulfide) groups is 1. The molecule has 11 heteroatoms. The minimum atomic E-state index is -0.532. The highest BCUT2D eigenvalue weighted by Gasteiger charge is 2.26. The van der Waals surface area contributed by atoms with Gasteiger partial charge >= 0.3 is 0 Å². The maximum atomic E-state index is 13.6. The Balaban J connectivity index is 1.09. The molecule has 0 saturated carbocycles. The van der Waals surface area contributed by atoms with Crippen LogP contribution in [0.4, 0.5) is 11.4 Å². The number of anilines is 2. The monoisotopic (exact) mass is 695 g/mol. The van der Waals surface area contributed by atoms with Crippen molar-refractivity contribution in [2.24, 2.45) is 5.10 Å². The van der Waals surface area contributed by atoms with Gasteiger partial charge in [0, 0.05) is 16.1 Å². The molecule has 0 saturated heterocycles. The van der Waals surface area contributed by atoms with Gasteiger partial charge in [-0.1, -0.05) is 84.9 Å². The Labute approximate surface area is 299 Å². The first-order valence-corrected chi connectivity index (χ1v) is 17.0. The minimum Gasteiger partial charge on any atom is -0.489 e. The van der Waals surface area contributed by atoms with E-state index in [2.05, 4.69) is 21.1 Å². The number of amides is 4. The van der Waals surface area contributed by atoms with Gasteiger partial charge in [0.2, 0.25) is 5.91 Å². The summed E-state index contributed by atoms with van der Waals surface area (Å²) >= 11 is 1.26. The van der Waals surface area contributed by atoms with E-state index in [0.29, 0.717) is 34.9 Å². The number of amidine groups is 1. The number of carbonyl (C=O) groups excluding carboxylic acids is 4. The van der Waals surface area contributed by atoms with E-state index >= 15 is 0 Å². The first kappa shape index (κ1) is 34.4. The smallest absolute Gasteiger partial charge is 0.272 e. The van der Waals surface area contributed by atoms with Crippen molar-refractivity contribution >= 4 is 58.7 Å². The van der Waals surface area contributed by atoms with Crippen molar-refractivity contribution in [1.82, 2.24) is 10.6 Å². The molecule has 51 heavy (non-hydrogen) atoms. The van der Waals surface area contributed by atoms with Crippen LogP contribution in [0.2, 0.25) is 0 Å². The fourth-order valence-corrected chi connectivity index (χ4v) is 5.74. The van der Waals surface area contributed by atoms with Gasteiger partial charge in [-0.05, 0) is 71.8 Å². The Kier molecular flexibility index (Phi) is 11.3. The second-order valence-corrected chi connectivity index (χ2v) is 12.4. The third kappa shape index (κ3) is 9.80. The molecule has 3 N–H and O–H groups in total. The fraction of sp³-hybridized carbons (Fsp3) is 0.0750. The largest absolute Gasteiger partial charge is 0.489 e. The van der Waals surface area contributed by atoms with Crippen molar-refractivity contribution in [3.05, 3.63) is 162 Å². The fourth-order valence-electron chi connectivity index (χ4n) is 4.99. The second-order valence-electron chi connectivity index (χ2n) is 11.3. The second kappa shape index (κ2) is 16.8. The van der Waals surface area contributed by atoms with Crippen molar-refractivity contribution in [2.75, 3.05) is 16.1 Å². The standard InChI is InChI=1S/C40H33N5O5S/c46-37(43-36-25-38(47)45(44-36)32-16-8-3-9-17-32)27-51-34-18-10-15-31(24-34)41-40(49)35(42-39(48)30-13-6-2-7-14-30)23-28-19-21-33(22-20-28)50-26-29-11-4-1-5-12-29/h1-24H,25-27H2,(H,41,49)(H,42,48)(H,43,44,46)/b35-23-. The summed E-state index contributed by atoms with van der Waals surface area (Å²) in [6, 6.07) is 41.7. The first-order chi connectivity index (χ1) is 24.9. The summed E-state index contributed by atoms with van der Waals surface area (Å²) in [5.74, 6) is -0.517. The van der Waals surface area contributed by atoms with E-state index in [4.69, 9.17) is 4.74 Å². The molecule has 0 unspecified atom stereocenters. The van der Waals surface area contributed by atoms with Crippen LogP contribution in [0.1, 0.15) is 27.9 Å². The molecule has 0 bridgehead atoms. The SMILES string of the molecule is O=C(CSc1cccc(NC(=O)/C(=C/c2ccc(OCc3ccccc3)cc2)NC(=O)c2ccccc2)c1)NC1=NN(c2ccccc2)C(=O)C1. The number of benzene rings is 5. The molecular formula is C40H33N5O5S. The van der Waals surface area contributed by atoms with Crippen LogP contribution in [0, 0.1) is 0 Å². The Morgan fingerprint density at radius 1 is 0.784 bits per heavy atom. The van der Waals surface area contributed by atoms with Crippen LogP contribution in [0.3, 0.4) is 0 Å². The molecule has 1 aliphatic heterocycles. The number of para-hydroxylation sites is 1. The third-order valence-corrected chi connectivity index (χ3v) is 8.48. The summed E-state index contributed by atoms with van der Waals surface area (Å²) in [5, 5.41) is 13.9. The highest BCUT2D eigenvalue weighted by molar-refractivity contribution is 8.00. The number of hydrogen-bond donors (Lipinski definition) is 3. The van der Waals surface area contributed by atoms with Crippen LogP contribution in [0.25, 0.3) is 6.08 Å². The maximum Gasteiger partial charge on any atom is 0.272 e. The molecule has 1 aliphatic rings. The lowest BCUT2D eigenvalue weighted by Crippen LogP contribution is -2.31. The number of ether oxygens (including phenoxy) is 1. The quantitative estimate of drug-likeness (QED) is 0.0993. The number of hydrazone groups is 1. The Morgan fingerprint density at radius 3 is 2.20 bits per heavy atom. The number of rotatable bonds is 12. The van der Waals surface area contributed by atoms with Crippen molar-refractivity contribution in [2.45, 2.75) is 17.9 Å². The summed E-state index contributed by atoms with van der Waals surface area (Å²) in [4.78, 5) is 52.6. The zero-order valence-corrected chi connectivity index (χ0v) is 28.1. The van der Waals surface area contributed by atoms with Crippen LogP contribution < -0.4 is 25.7 Å². The minimum absolute atomic E-state index is 0.00431. The molecule has 254 valence electrons. The lowest BCUT2D eigenvalue weighted by molar-refractivity contribution is -0.117. The van der Waals surface area contributed by atoms with Gasteiger partial charge in [0.15, 0.2) is 0 Å². The van der Waals surface area contributed by atoms with Gasteiger partial charge in [0.05, 0.1) is 17.9 Å². The van der Waals surface area contributed by atoms with Crippen molar-refractivity contribution in [3.8, 4) is 5.75 Å². The lowest BCUT2D eigenvalue weighted by atomic mass is 10.1. The van der Waals surface area contributed by atoms with Gasteiger partial charge in [0.25, 0.3) is 17.7 Å². The Hall–Kier alpha value is -6.46. The van der Waals surface area contributed by atoms with Gasteiger partial charge in [0.1, 0.15) is 23.9 Å². The summed E-state index contributed by atoms with van der Waals surface area (Å²) in [6.45, 7) is 0.419. The predicted octanol–water partition coefficient (Wildman–Crippen LogP) is 6.63. The first-order valence-electron chi connectivity index (χ1n) is 16.0. The predicted molar refractivity (Wildman–Crippen MR) is 199 cm³/mol. The summed E-state index contributed by atoms with van der Waals surface area (Å²) in [6.07, 6.45) is 1.59. The van der Waals surface area contributed by atoms with Crippen LogP contribution >= 0.6 is 11.8 Å². The van der Waals surface area contributed by atoms with E-state index in [0.717, 1.165) is 10.5 Å². The molecular weight excluding hydrogens is 663 g/mol. The highest BCUT2D eigenvalue weighted by Crippen LogP contribution is 2.23. The van der Waals surface area contributed by atoms with Crippen molar-refractivity contribution < 1.29 is 23.9 Å². The number of hydrogen-bond acceptors (Lipinski definition) is 7. The topological polar surface area (TPSA) is 129 Å². The van der Waals surface area contributed by atoms with E-state index in [1.54, 1.807) is 91.0 Å². The maximum absolute atomic E-state index is 13.6. The van der Waals surface area contributed by atoms with Gasteiger partial charge in [-0.25, -0.2) is 0 Å². The highest BCUT2D eigenvalue weighted by atomic mass is 32.2. The molecule has 5 aromatic carbocycles. The number of nitrogens with one attached hydrogen (secondary N) is 3. The molecule has 4 amide bonds. The van der Waals surface area contributed by atoms with E-state index in [-0.39, 0.29) is 35.5 Å². The lowest BCUT2D eigenvalue weighted by Gasteiger charge is -2.12. The summed E-state index contributed by atoms with van der Waals surface area (Å²) < 4.78 is 5.89. The van der Waals surface area contributed by atoms with Crippen LogP contribution in [0.15, 0.2) is 155 Å². The van der Waals surface area contributed by atoms with Gasteiger partial charge in [-0.3, -0.25) is 19.2 Å². The van der Waals surface area contributed by atoms with E-state index in [9.17, 15) is 19.2 Å². The average molecular weight is 696 g/mol. The van der Waals surface area contributed by atoms with Crippen molar-refractivity contribution in [1.29, 1.82) is 0 Å². The van der Waals surface area contributed by atoms with Crippen LogP contribution in [-0.4, -0.2) is 35.2 Å². The molecule has 0 atom stereocenters. The average Bonchev–Trinajstić information content (AvgIpc) is 3.53. The summed E-state index contributed by atoms with van der Waals surface area (Å²) in [7, 11) is 0. The third-order valence-electron chi connectivity index (χ3n) is 7.49. The molecule has 0 radical (unpaired) electrons. The van der Waals surface area contributed by atoms with Gasteiger partial charge in [-0.2, -0.15) is 10.1 Å². The van der Waals surface area contributed by atoms with E-state index in [1.165, 1.54) is 16.8 Å². The van der Waals surface area contributed by atoms with Crippen LogP contribution in [0.5, 0.6) is 5.75 Å². The zero-order chi connectivity index (χ0) is 35.4. The van der Waals surface area contributed by atoms with E-state index in [1.807, 2.05) is 54.6 Å². The molecule has 0 aliphatic carbocycles. The number of nitrogens with zero attached hydrogens (tertiary/aromatic N) is 2. The van der Waals surface area contributed by atoms with Crippen LogP contribution in [-0.2, 0) is 21.0 Å². The van der Waals surface area contributed by atoms with Gasteiger partial charge in [-0.15, -0.1) is 11.8 Å². The zero-order valence-electron chi connectivity index (χ0n) is 27.3. The number of carbonyl (C=O) groups is 4. The summed E-state index contributed by atoms with van der Waals surface area (Å²) in [5.41, 5.74) is 3.26. The van der Waals surface area contributed by atoms with Crippen molar-refractivity contribution in [3.63, 3.8) is 0 Å². The normalized spacial score (nSPS) is 12.5. The molecule has 10 nitrogen and oxygen atoms in total. The molecule has 1 heterocycles. The Bertz CT molecular complexity index is 2070. The molecule has 0 aromatic heterocycles. The van der Waals surface area contributed by atoms with E-state index < -0.39 is 11.8 Å². The Morgan fingerprint density at radius 2 is 1.47 bits per heavy atom.